The molecule has 0 saturated carbocycles. The summed E-state index contributed by atoms with van der Waals surface area (Å²) in [6, 6.07) is 11.0. The number of carbonyl (C=O) groups excluding carboxylic acids is 1. The molecule has 3 heterocycles. The zero-order valence-corrected chi connectivity index (χ0v) is 22.3. The fourth-order valence-electron chi connectivity index (χ4n) is 4.77. The van der Waals surface area contributed by atoms with Gasteiger partial charge in [0, 0.05) is 47.8 Å². The van der Waals surface area contributed by atoms with Gasteiger partial charge in [0.1, 0.15) is 21.2 Å². The Hall–Kier alpha value is -3.82. The number of nitrogen functional groups attached to an aromatic ring is 1. The SMILES string of the molecule is COc1cc(OC)c(-c2c3c(nc4sc(C(=O)Oc5cccc(C)c5)c(N)c24)CCN(C)C3)cc1OC. The summed E-state index contributed by atoms with van der Waals surface area (Å²) in [6.07, 6.45) is 0.783. The van der Waals surface area contributed by atoms with Gasteiger partial charge in [0.15, 0.2) is 11.5 Å². The highest BCUT2D eigenvalue weighted by atomic mass is 32.1. The lowest BCUT2D eigenvalue weighted by Gasteiger charge is -2.27. The average Bonchev–Trinajstić information content (AvgIpc) is 3.22. The molecule has 0 aliphatic carbocycles. The second-order valence-electron chi connectivity index (χ2n) is 9.04. The van der Waals surface area contributed by atoms with Crippen LogP contribution in [0.3, 0.4) is 0 Å². The first-order valence-electron chi connectivity index (χ1n) is 11.9. The number of methoxy groups -OCH3 is 3. The molecule has 0 spiro atoms. The molecule has 9 heteroatoms. The van der Waals surface area contributed by atoms with Crippen molar-refractivity contribution in [3.05, 3.63) is 58.1 Å². The van der Waals surface area contributed by atoms with Crippen LogP contribution in [0.25, 0.3) is 21.3 Å². The van der Waals surface area contributed by atoms with Gasteiger partial charge in [-0.15, -0.1) is 11.3 Å². The van der Waals surface area contributed by atoms with E-state index >= 15 is 0 Å². The third-order valence-corrected chi connectivity index (χ3v) is 7.66. The van der Waals surface area contributed by atoms with Crippen LogP contribution in [-0.4, -0.2) is 50.8 Å². The number of aryl methyl sites for hydroxylation is 1. The van der Waals surface area contributed by atoms with Crippen LogP contribution < -0.4 is 24.7 Å². The van der Waals surface area contributed by atoms with Gasteiger partial charge in [0.25, 0.3) is 0 Å². The number of pyridine rings is 1. The smallest absolute Gasteiger partial charge is 0.355 e. The number of benzene rings is 2. The minimum atomic E-state index is -0.508. The first kappa shape index (κ1) is 24.9. The molecule has 5 rings (SSSR count). The third-order valence-electron chi connectivity index (χ3n) is 6.58. The molecule has 0 bridgehead atoms. The van der Waals surface area contributed by atoms with E-state index in [-0.39, 0.29) is 0 Å². The number of hydrogen-bond donors (Lipinski definition) is 1. The van der Waals surface area contributed by atoms with Crippen molar-refractivity contribution in [3.8, 4) is 34.1 Å². The van der Waals surface area contributed by atoms with Crippen molar-refractivity contribution in [1.82, 2.24) is 9.88 Å². The molecule has 0 amide bonds. The minimum Gasteiger partial charge on any atom is -0.496 e. The normalized spacial score (nSPS) is 13.3. The van der Waals surface area contributed by atoms with Gasteiger partial charge in [0.05, 0.1) is 27.0 Å². The van der Waals surface area contributed by atoms with E-state index in [0.717, 1.165) is 40.9 Å². The molecule has 0 radical (unpaired) electrons. The Morgan fingerprint density at radius 2 is 1.78 bits per heavy atom. The molecule has 0 saturated heterocycles. The molecule has 8 nitrogen and oxygen atoms in total. The van der Waals surface area contributed by atoms with Gasteiger partial charge >= 0.3 is 5.97 Å². The molecule has 2 N–H and O–H groups in total. The van der Waals surface area contributed by atoms with Crippen molar-refractivity contribution in [2.24, 2.45) is 0 Å². The zero-order valence-electron chi connectivity index (χ0n) is 21.5. The number of thiophene rings is 1. The van der Waals surface area contributed by atoms with E-state index < -0.39 is 5.97 Å². The molecular formula is C28H29N3O5S. The molecule has 1 aliphatic rings. The summed E-state index contributed by atoms with van der Waals surface area (Å²) in [7, 11) is 6.87. The van der Waals surface area contributed by atoms with Crippen molar-refractivity contribution in [2.75, 3.05) is 40.7 Å². The number of ether oxygens (including phenoxy) is 4. The van der Waals surface area contributed by atoms with Crippen molar-refractivity contribution >= 4 is 33.2 Å². The minimum absolute atomic E-state index is 0.320. The van der Waals surface area contributed by atoms with Crippen LogP contribution in [-0.2, 0) is 13.0 Å². The number of hydrogen-bond acceptors (Lipinski definition) is 9. The Bertz CT molecular complexity index is 1510. The summed E-state index contributed by atoms with van der Waals surface area (Å²) in [4.78, 5) is 21.5. The molecule has 37 heavy (non-hydrogen) atoms. The Morgan fingerprint density at radius 3 is 2.49 bits per heavy atom. The number of rotatable bonds is 6. The lowest BCUT2D eigenvalue weighted by Crippen LogP contribution is -2.28. The molecule has 2 aromatic carbocycles. The number of nitrogens with zero attached hydrogens (tertiary/aromatic N) is 2. The number of fused-ring (bicyclic) bond motifs is 2. The van der Waals surface area contributed by atoms with Gasteiger partial charge < -0.3 is 29.6 Å². The quantitative estimate of drug-likeness (QED) is 0.278. The largest absolute Gasteiger partial charge is 0.496 e. The van der Waals surface area contributed by atoms with Crippen LogP contribution in [0.1, 0.15) is 26.5 Å². The van der Waals surface area contributed by atoms with E-state index in [4.69, 9.17) is 29.7 Å². The zero-order chi connectivity index (χ0) is 26.3. The van der Waals surface area contributed by atoms with Gasteiger partial charge in [0.2, 0.25) is 0 Å². The second kappa shape index (κ2) is 9.91. The fraction of sp³-hybridized carbons (Fsp3) is 0.286. The van der Waals surface area contributed by atoms with Crippen LogP contribution in [0.4, 0.5) is 5.69 Å². The molecule has 0 atom stereocenters. The van der Waals surface area contributed by atoms with Gasteiger partial charge in [-0.25, -0.2) is 9.78 Å². The van der Waals surface area contributed by atoms with Crippen molar-refractivity contribution in [1.29, 1.82) is 0 Å². The standard InChI is InChI=1S/C28H29N3O5S/c1-15-7-6-8-16(11-15)36-28(32)26-25(29)24-23(17-12-21(34-4)22(35-5)13-20(17)33-3)18-14-31(2)10-9-19(18)30-27(24)37-26/h6-8,11-13H,9-10,14,29H2,1-5H3. The highest BCUT2D eigenvalue weighted by molar-refractivity contribution is 7.21. The molecule has 1 aliphatic heterocycles. The molecule has 0 unspecified atom stereocenters. The summed E-state index contributed by atoms with van der Waals surface area (Å²) in [5.74, 6) is 1.69. The van der Waals surface area contributed by atoms with Gasteiger partial charge in [-0.05, 0) is 43.3 Å². The molecule has 2 aromatic heterocycles. The number of anilines is 1. The maximum atomic E-state index is 13.3. The number of esters is 1. The van der Waals surface area contributed by atoms with Crippen LogP contribution >= 0.6 is 11.3 Å². The van der Waals surface area contributed by atoms with Gasteiger partial charge in [-0.1, -0.05) is 12.1 Å². The predicted octanol–water partition coefficient (Wildman–Crippen LogP) is 5.09. The Kier molecular flexibility index (Phi) is 6.66. The molecule has 192 valence electrons. The Morgan fingerprint density at radius 1 is 1.05 bits per heavy atom. The van der Waals surface area contributed by atoms with Crippen LogP contribution in [0.5, 0.6) is 23.0 Å². The van der Waals surface area contributed by atoms with Crippen molar-refractivity contribution in [3.63, 3.8) is 0 Å². The van der Waals surface area contributed by atoms with Crippen molar-refractivity contribution < 1.29 is 23.7 Å². The number of nitrogens with two attached hydrogens (primary N) is 1. The summed E-state index contributed by atoms with van der Waals surface area (Å²) < 4.78 is 22.6. The summed E-state index contributed by atoms with van der Waals surface area (Å²) in [6.45, 7) is 3.51. The fourth-order valence-corrected chi connectivity index (χ4v) is 5.77. The monoisotopic (exact) mass is 519 g/mol. The summed E-state index contributed by atoms with van der Waals surface area (Å²) in [5.41, 5.74) is 11.8. The predicted molar refractivity (Wildman–Crippen MR) is 145 cm³/mol. The number of likely N-dealkylation sites (N-methyl/N-ethyl adjacent to an activating group) is 1. The topological polar surface area (TPSA) is 96.1 Å². The molecule has 4 aromatic rings. The van der Waals surface area contributed by atoms with E-state index in [2.05, 4.69) is 11.9 Å². The van der Waals surface area contributed by atoms with Crippen LogP contribution in [0.2, 0.25) is 0 Å². The lowest BCUT2D eigenvalue weighted by atomic mass is 9.91. The van der Waals surface area contributed by atoms with Gasteiger partial charge in [-0.3, -0.25) is 0 Å². The highest BCUT2D eigenvalue weighted by Gasteiger charge is 2.29. The summed E-state index contributed by atoms with van der Waals surface area (Å²) in [5, 5.41) is 0.709. The molecular weight excluding hydrogens is 490 g/mol. The number of carbonyl (C=O) groups is 1. The van der Waals surface area contributed by atoms with E-state index in [1.807, 2.05) is 31.2 Å². The second-order valence-corrected chi connectivity index (χ2v) is 10.0. The first-order chi connectivity index (χ1) is 17.8. The molecule has 0 fully saturated rings. The third kappa shape index (κ3) is 4.45. The van der Waals surface area contributed by atoms with E-state index in [0.29, 0.717) is 50.3 Å². The van der Waals surface area contributed by atoms with E-state index in [9.17, 15) is 4.79 Å². The van der Waals surface area contributed by atoms with Crippen LogP contribution in [0.15, 0.2) is 36.4 Å². The number of aromatic nitrogens is 1. The van der Waals surface area contributed by atoms with Crippen molar-refractivity contribution in [2.45, 2.75) is 19.9 Å². The van der Waals surface area contributed by atoms with E-state index in [1.165, 1.54) is 11.3 Å². The lowest BCUT2D eigenvalue weighted by molar-refractivity contribution is 0.0741. The highest BCUT2D eigenvalue weighted by Crippen LogP contribution is 2.48. The Balaban J connectivity index is 1.75. The Labute approximate surface area is 219 Å². The average molecular weight is 520 g/mol. The maximum absolute atomic E-state index is 13.3. The maximum Gasteiger partial charge on any atom is 0.355 e. The first-order valence-corrected chi connectivity index (χ1v) is 12.7. The van der Waals surface area contributed by atoms with Crippen LogP contribution in [0, 0.1) is 6.92 Å². The summed E-state index contributed by atoms with van der Waals surface area (Å²) >= 11 is 1.25. The van der Waals surface area contributed by atoms with Gasteiger partial charge in [-0.2, -0.15) is 0 Å². The van der Waals surface area contributed by atoms with E-state index in [1.54, 1.807) is 33.5 Å².